The van der Waals surface area contributed by atoms with Gasteiger partial charge in [0.15, 0.2) is 0 Å². The zero-order valence-electron chi connectivity index (χ0n) is 5.79. The number of carbonyl (C=O) groups excluding carboxylic acids is 4. The van der Waals surface area contributed by atoms with Crippen LogP contribution in [0.4, 0.5) is 0 Å². The first kappa shape index (κ1) is 16.4. The van der Waals surface area contributed by atoms with Crippen molar-refractivity contribution in [1.82, 2.24) is 0 Å². The quantitative estimate of drug-likeness (QED) is 0.185. The van der Waals surface area contributed by atoms with Gasteiger partial charge >= 0.3 is 11.8 Å². The van der Waals surface area contributed by atoms with Crippen molar-refractivity contribution in [3.8, 4) is 0 Å². The van der Waals surface area contributed by atoms with Crippen LogP contribution >= 0.6 is 0 Å². The van der Waals surface area contributed by atoms with Crippen molar-refractivity contribution in [2.45, 2.75) is 0 Å². The van der Waals surface area contributed by atoms with E-state index in [4.69, 9.17) is 20.4 Å². The molecule has 12 heavy (non-hydrogen) atoms. The van der Waals surface area contributed by atoms with Gasteiger partial charge in [-0.1, -0.05) is 0 Å². The van der Waals surface area contributed by atoms with Gasteiger partial charge < -0.3 is 11.5 Å². The molecule has 0 unspecified atom stereocenters. The fourth-order valence-electron chi connectivity index (χ4n) is 0. The van der Waals surface area contributed by atoms with Gasteiger partial charge in [-0.25, -0.2) is 20.4 Å². The van der Waals surface area contributed by atoms with E-state index in [1.165, 1.54) is 0 Å². The van der Waals surface area contributed by atoms with E-state index in [0.29, 0.717) is 0 Å². The number of hydrogen-bond donors (Lipinski definition) is 4. The summed E-state index contributed by atoms with van der Waals surface area (Å²) in [6.07, 6.45) is 1.50. The minimum Gasteiger partial charge on any atom is -0.361 e. The molecule has 8 nitrogen and oxygen atoms in total. The fraction of sp³-hybridized carbons (Fsp3) is 0. The Bertz CT molecular complexity index is 187. The van der Waals surface area contributed by atoms with Gasteiger partial charge in [0.05, 0.1) is 0 Å². The van der Waals surface area contributed by atoms with Crippen molar-refractivity contribution in [3.05, 3.63) is 0 Å². The van der Waals surface area contributed by atoms with Crippen molar-refractivity contribution in [3.63, 3.8) is 0 Å². The third-order valence-electron chi connectivity index (χ3n) is 0.243. The van der Waals surface area contributed by atoms with Crippen LogP contribution in [0.1, 0.15) is 0 Å². The third kappa shape index (κ3) is 120. The highest BCUT2D eigenvalue weighted by Crippen LogP contribution is 1.44. The van der Waals surface area contributed by atoms with Crippen LogP contribution in [0, 0.1) is 10.8 Å². The molecule has 8 heteroatoms. The van der Waals surface area contributed by atoms with Gasteiger partial charge in [-0.3, -0.25) is 9.59 Å². The van der Waals surface area contributed by atoms with Gasteiger partial charge in [0.2, 0.25) is 12.2 Å². The van der Waals surface area contributed by atoms with E-state index in [9.17, 15) is 9.59 Å². The summed E-state index contributed by atoms with van der Waals surface area (Å²) in [7, 11) is 0. The number of hydrogen-bond acceptors (Lipinski definition) is 6. The fourth-order valence-corrected chi connectivity index (χ4v) is 0. The second-order valence-electron chi connectivity index (χ2n) is 0.933. The summed E-state index contributed by atoms with van der Waals surface area (Å²) in [5.41, 5.74) is 8.64. The molecule has 0 bridgehead atoms. The predicted octanol–water partition coefficient (Wildman–Crippen LogP) is -2.24. The largest absolute Gasteiger partial charge is 0.361 e. The van der Waals surface area contributed by atoms with Crippen LogP contribution < -0.4 is 11.5 Å². The topological polar surface area (TPSA) is 168 Å². The molecule has 2 amide bonds. The average Bonchev–Trinajstić information content (AvgIpc) is 1.90. The number of nitrogens with two attached hydrogens (primary N) is 2. The normalized spacial score (nSPS) is 5.00. The predicted molar refractivity (Wildman–Crippen MR) is 35.2 cm³/mol. The van der Waals surface area contributed by atoms with Gasteiger partial charge in [-0.15, -0.1) is 0 Å². The van der Waals surface area contributed by atoms with Gasteiger partial charge in [0.1, 0.15) is 0 Å². The number of rotatable bonds is 0. The summed E-state index contributed by atoms with van der Waals surface area (Å²) >= 11 is 0. The van der Waals surface area contributed by atoms with Gasteiger partial charge in [-0.2, -0.15) is 0 Å². The van der Waals surface area contributed by atoms with Crippen molar-refractivity contribution in [2.24, 2.45) is 11.5 Å². The monoisotopic (exact) mass is 174 g/mol. The van der Waals surface area contributed by atoms with Crippen LogP contribution in [0.2, 0.25) is 0 Å². The highest BCUT2D eigenvalue weighted by atomic mass is 16.2. The second-order valence-corrected chi connectivity index (χ2v) is 0.933. The van der Waals surface area contributed by atoms with Crippen molar-refractivity contribution in [2.75, 3.05) is 0 Å². The van der Waals surface area contributed by atoms with E-state index in [2.05, 4.69) is 11.5 Å². The van der Waals surface area contributed by atoms with Crippen LogP contribution in [-0.4, -0.2) is 24.0 Å². The van der Waals surface area contributed by atoms with Gasteiger partial charge in [0, 0.05) is 0 Å². The molecule has 0 fully saturated rings. The van der Waals surface area contributed by atoms with Crippen LogP contribution in [0.15, 0.2) is 0 Å². The highest BCUT2D eigenvalue weighted by molar-refractivity contribution is 6.33. The maximum Gasteiger partial charge on any atom is 0.306 e. The summed E-state index contributed by atoms with van der Waals surface area (Å²) < 4.78 is 0. The first-order valence-corrected chi connectivity index (χ1v) is 2.14. The van der Waals surface area contributed by atoms with Gasteiger partial charge in [-0.05, 0) is 0 Å². The minimum absolute atomic E-state index is 0.750. The van der Waals surface area contributed by atoms with E-state index in [1.807, 2.05) is 0 Å². The summed E-state index contributed by atoms with van der Waals surface area (Å²) in [4.78, 5) is 35.6. The lowest BCUT2D eigenvalue weighted by Gasteiger charge is -1.75. The zero-order valence-corrected chi connectivity index (χ0v) is 5.79. The number of carbonyl (C=O) groups is 2. The molecule has 0 heterocycles. The Balaban J connectivity index is -0.000000115. The smallest absolute Gasteiger partial charge is 0.306 e. The van der Waals surface area contributed by atoms with E-state index in [-0.39, 0.29) is 0 Å². The molecule has 0 aromatic heterocycles. The second kappa shape index (κ2) is 15.9. The maximum atomic E-state index is 9.45. The molecule has 0 atom stereocenters. The number of amides is 2. The summed E-state index contributed by atoms with van der Waals surface area (Å²) in [6.45, 7) is 0. The molecule has 0 aromatic carbocycles. The molecule has 0 saturated carbocycles. The molecule has 6 N–H and O–H groups in total. The lowest BCUT2D eigenvalue weighted by molar-refractivity contribution is -0.135. The Morgan fingerprint density at radius 2 is 1.00 bits per heavy atom. The van der Waals surface area contributed by atoms with Crippen molar-refractivity contribution in [1.29, 1.82) is 10.8 Å². The lowest BCUT2D eigenvalue weighted by Crippen LogP contribution is -2.29. The van der Waals surface area contributed by atoms with Crippen molar-refractivity contribution < 1.29 is 19.2 Å². The molecule has 0 spiro atoms. The van der Waals surface area contributed by atoms with Gasteiger partial charge in [0.25, 0.3) is 0 Å². The minimum atomic E-state index is -1.10. The van der Waals surface area contributed by atoms with Crippen molar-refractivity contribution >= 4 is 24.0 Å². The van der Waals surface area contributed by atoms with Crippen LogP contribution in [-0.2, 0) is 19.2 Å². The number of isocyanates is 2. The van der Waals surface area contributed by atoms with E-state index in [1.54, 1.807) is 0 Å². The Labute approximate surface area is 66.5 Å². The Morgan fingerprint density at radius 3 is 1.00 bits per heavy atom. The van der Waals surface area contributed by atoms with Crippen LogP contribution in [0.5, 0.6) is 0 Å². The molecular formula is C4H6N4O4. The van der Waals surface area contributed by atoms with Crippen LogP contribution in [0.3, 0.4) is 0 Å². The molecule has 0 aromatic rings. The molecule has 0 aliphatic heterocycles. The van der Waals surface area contributed by atoms with E-state index < -0.39 is 11.8 Å². The number of primary amides is 2. The van der Waals surface area contributed by atoms with E-state index in [0.717, 1.165) is 12.2 Å². The standard InChI is InChI=1S/C2H4N2O2.2CHNO/c3-1(5)2(4)6;2*2-1-3/h(H2,3,5)(H2,4,6);2*2H. The van der Waals surface area contributed by atoms with Crippen LogP contribution in [0.25, 0.3) is 0 Å². The first-order chi connectivity index (χ1) is 5.47. The molecule has 66 valence electrons. The summed E-state index contributed by atoms with van der Waals surface area (Å²) in [5, 5.41) is 10.8. The Morgan fingerprint density at radius 1 is 0.917 bits per heavy atom. The summed E-state index contributed by atoms with van der Waals surface area (Å²) in [5.74, 6) is -2.20. The molecule has 0 rings (SSSR count). The maximum absolute atomic E-state index is 9.45. The molecular weight excluding hydrogens is 168 g/mol. The summed E-state index contributed by atoms with van der Waals surface area (Å²) in [6, 6.07) is 0. The Kier molecular flexibility index (Phi) is 21.6. The molecule has 0 aliphatic rings. The van der Waals surface area contributed by atoms with E-state index >= 15 is 0 Å². The average molecular weight is 174 g/mol. The number of nitrogens with one attached hydrogen (secondary N) is 2. The lowest BCUT2D eigenvalue weighted by atomic mass is 10.6. The molecule has 0 aliphatic carbocycles. The Hall–Kier alpha value is -2.30. The SMILES string of the molecule is N=C=O.N=C=O.NC(=O)C(N)=O. The zero-order chi connectivity index (χ0) is 10.6. The molecule has 0 radical (unpaired) electrons. The third-order valence-corrected chi connectivity index (χ3v) is 0.243. The highest BCUT2D eigenvalue weighted by Gasteiger charge is 1.96. The molecule has 0 saturated heterocycles. The first-order valence-electron chi connectivity index (χ1n) is 2.14.